The summed E-state index contributed by atoms with van der Waals surface area (Å²) in [6, 6.07) is 0. The summed E-state index contributed by atoms with van der Waals surface area (Å²) in [7, 11) is 1.81. The highest BCUT2D eigenvalue weighted by molar-refractivity contribution is 7.07. The highest BCUT2D eigenvalue weighted by Gasteiger charge is 2.02. The zero-order chi connectivity index (χ0) is 9.26. The first-order valence-corrected chi connectivity index (χ1v) is 4.62. The van der Waals surface area contributed by atoms with Gasteiger partial charge in [0.25, 0.3) is 0 Å². The van der Waals surface area contributed by atoms with E-state index in [0.717, 1.165) is 5.82 Å². The monoisotopic (exact) mass is 196 g/mol. The molecule has 0 saturated heterocycles. The molecule has 0 saturated carbocycles. The normalized spacial score (nSPS) is 10.5. The van der Waals surface area contributed by atoms with Gasteiger partial charge in [-0.2, -0.15) is 5.10 Å². The van der Waals surface area contributed by atoms with Crippen LogP contribution < -0.4 is 4.87 Å². The number of aromatic nitrogens is 4. The molecule has 68 valence electrons. The maximum Gasteiger partial charge on any atom is 0.307 e. The summed E-state index contributed by atoms with van der Waals surface area (Å²) in [6.45, 7) is 0.485. The van der Waals surface area contributed by atoms with Crippen molar-refractivity contribution in [3.8, 4) is 0 Å². The van der Waals surface area contributed by atoms with Crippen LogP contribution in [0.25, 0.3) is 0 Å². The van der Waals surface area contributed by atoms with Gasteiger partial charge in [0.1, 0.15) is 12.2 Å². The van der Waals surface area contributed by atoms with Crippen molar-refractivity contribution < 1.29 is 0 Å². The molecule has 0 radical (unpaired) electrons. The van der Waals surface area contributed by atoms with Crippen molar-refractivity contribution in [1.29, 1.82) is 0 Å². The van der Waals surface area contributed by atoms with Crippen LogP contribution in [0, 0.1) is 0 Å². The second-order valence-electron chi connectivity index (χ2n) is 2.60. The van der Waals surface area contributed by atoms with Crippen LogP contribution >= 0.6 is 11.3 Å². The van der Waals surface area contributed by atoms with E-state index in [0.29, 0.717) is 6.54 Å². The molecule has 0 atom stereocenters. The molecule has 2 aromatic rings. The van der Waals surface area contributed by atoms with Gasteiger partial charge in [-0.05, 0) is 0 Å². The Labute approximate surface area is 78.3 Å². The third-order valence-corrected chi connectivity index (χ3v) is 2.46. The van der Waals surface area contributed by atoms with Gasteiger partial charge in [0.05, 0.1) is 6.54 Å². The van der Waals surface area contributed by atoms with Crippen molar-refractivity contribution in [2.24, 2.45) is 7.05 Å². The van der Waals surface area contributed by atoms with Crippen LogP contribution in [0.4, 0.5) is 0 Å². The highest BCUT2D eigenvalue weighted by atomic mass is 32.1. The fourth-order valence-electron chi connectivity index (χ4n) is 1.02. The van der Waals surface area contributed by atoms with Crippen molar-refractivity contribution in [1.82, 2.24) is 19.3 Å². The lowest BCUT2D eigenvalue weighted by Crippen LogP contribution is -2.15. The third kappa shape index (κ3) is 1.52. The van der Waals surface area contributed by atoms with Gasteiger partial charge in [0.15, 0.2) is 0 Å². The van der Waals surface area contributed by atoms with Crippen molar-refractivity contribution in [3.63, 3.8) is 0 Å². The Morgan fingerprint density at radius 1 is 1.62 bits per heavy atom. The van der Waals surface area contributed by atoms with E-state index < -0.39 is 0 Å². The summed E-state index contributed by atoms with van der Waals surface area (Å²) in [4.78, 5) is 15.2. The Balaban J connectivity index is 2.29. The van der Waals surface area contributed by atoms with Gasteiger partial charge in [-0.15, -0.1) is 0 Å². The van der Waals surface area contributed by atoms with Gasteiger partial charge in [0, 0.05) is 18.6 Å². The molecule has 2 aromatic heterocycles. The Morgan fingerprint density at radius 2 is 2.46 bits per heavy atom. The molecule has 0 fully saturated rings. The topological polar surface area (TPSA) is 52.7 Å². The first kappa shape index (κ1) is 8.18. The molecule has 0 aliphatic carbocycles. The minimum atomic E-state index is 0.0306. The van der Waals surface area contributed by atoms with Gasteiger partial charge >= 0.3 is 4.87 Å². The van der Waals surface area contributed by atoms with Gasteiger partial charge in [0.2, 0.25) is 0 Å². The average molecular weight is 196 g/mol. The zero-order valence-corrected chi connectivity index (χ0v) is 7.86. The second kappa shape index (κ2) is 3.14. The molecule has 0 aliphatic rings. The van der Waals surface area contributed by atoms with E-state index in [4.69, 9.17) is 0 Å². The number of nitrogens with zero attached hydrogens (tertiary/aromatic N) is 4. The van der Waals surface area contributed by atoms with Crippen LogP contribution in [0.3, 0.4) is 0 Å². The molecular formula is C7H8N4OS. The van der Waals surface area contributed by atoms with E-state index in [1.165, 1.54) is 17.7 Å². The lowest BCUT2D eigenvalue weighted by atomic mass is 10.6. The van der Waals surface area contributed by atoms with Gasteiger partial charge < -0.3 is 0 Å². The van der Waals surface area contributed by atoms with E-state index >= 15 is 0 Å². The predicted octanol–water partition coefficient (Wildman–Crippen LogP) is 0.0866. The minimum Gasteiger partial charge on any atom is -0.298 e. The maximum absolute atomic E-state index is 11.2. The molecule has 5 nitrogen and oxygen atoms in total. The van der Waals surface area contributed by atoms with Crippen LogP contribution in [-0.2, 0) is 13.6 Å². The molecule has 0 amide bonds. The molecule has 2 rings (SSSR count). The average Bonchev–Trinajstić information content (AvgIpc) is 2.65. The van der Waals surface area contributed by atoms with Crippen molar-refractivity contribution in [2.75, 3.05) is 0 Å². The molecule has 0 unspecified atom stereocenters. The van der Waals surface area contributed by atoms with E-state index in [-0.39, 0.29) is 4.87 Å². The SMILES string of the molecule is Cn1ncnc1Cn1ccsc1=O. The van der Waals surface area contributed by atoms with Crippen LogP contribution in [0.15, 0.2) is 22.7 Å². The summed E-state index contributed by atoms with van der Waals surface area (Å²) in [5.41, 5.74) is 0. The molecule has 2 heterocycles. The molecular weight excluding hydrogens is 188 g/mol. The van der Waals surface area contributed by atoms with Crippen molar-refractivity contribution in [3.05, 3.63) is 33.4 Å². The summed E-state index contributed by atoms with van der Waals surface area (Å²) >= 11 is 1.18. The standard InChI is InChI=1S/C7H8N4OS/c1-10-6(8-5-9-10)4-11-2-3-13-7(11)12/h2-3,5H,4H2,1H3. The molecule has 0 N–H and O–H groups in total. The summed E-state index contributed by atoms with van der Waals surface area (Å²) in [5.74, 6) is 0.778. The molecule has 0 aromatic carbocycles. The third-order valence-electron chi connectivity index (χ3n) is 1.76. The lowest BCUT2D eigenvalue weighted by molar-refractivity contribution is 0.649. The fraction of sp³-hybridized carbons (Fsp3) is 0.286. The number of hydrogen-bond acceptors (Lipinski definition) is 4. The quantitative estimate of drug-likeness (QED) is 0.684. The lowest BCUT2D eigenvalue weighted by Gasteiger charge is -1.99. The smallest absolute Gasteiger partial charge is 0.298 e. The molecule has 0 spiro atoms. The Hall–Kier alpha value is -1.43. The highest BCUT2D eigenvalue weighted by Crippen LogP contribution is 1.96. The number of thiazole rings is 1. The number of hydrogen-bond donors (Lipinski definition) is 0. The molecule has 6 heteroatoms. The van der Waals surface area contributed by atoms with E-state index in [2.05, 4.69) is 10.1 Å². The first-order valence-electron chi connectivity index (χ1n) is 3.74. The Bertz CT molecular complexity index is 455. The Morgan fingerprint density at radius 3 is 3.00 bits per heavy atom. The number of rotatable bonds is 2. The van der Waals surface area contributed by atoms with Crippen LogP contribution in [0.5, 0.6) is 0 Å². The first-order chi connectivity index (χ1) is 6.27. The van der Waals surface area contributed by atoms with Gasteiger partial charge in [-0.3, -0.25) is 14.0 Å². The second-order valence-corrected chi connectivity index (χ2v) is 3.45. The molecule has 13 heavy (non-hydrogen) atoms. The van der Waals surface area contributed by atoms with Crippen molar-refractivity contribution >= 4 is 11.3 Å². The fourth-order valence-corrected chi connectivity index (χ4v) is 1.61. The van der Waals surface area contributed by atoms with Crippen molar-refractivity contribution in [2.45, 2.75) is 6.54 Å². The minimum absolute atomic E-state index is 0.0306. The van der Waals surface area contributed by atoms with Crippen LogP contribution in [0.1, 0.15) is 5.82 Å². The molecule has 0 aliphatic heterocycles. The van der Waals surface area contributed by atoms with E-state index in [9.17, 15) is 4.79 Å². The van der Waals surface area contributed by atoms with Crippen LogP contribution in [0.2, 0.25) is 0 Å². The molecule has 0 bridgehead atoms. The van der Waals surface area contributed by atoms with E-state index in [1.54, 1.807) is 27.9 Å². The maximum atomic E-state index is 11.2. The van der Waals surface area contributed by atoms with Crippen LogP contribution in [-0.4, -0.2) is 19.3 Å². The van der Waals surface area contributed by atoms with Gasteiger partial charge in [-0.1, -0.05) is 11.3 Å². The Kier molecular flexibility index (Phi) is 1.97. The number of aryl methyl sites for hydroxylation is 1. The largest absolute Gasteiger partial charge is 0.307 e. The van der Waals surface area contributed by atoms with Gasteiger partial charge in [-0.25, -0.2) is 4.98 Å². The van der Waals surface area contributed by atoms with E-state index in [1.807, 2.05) is 0 Å². The zero-order valence-electron chi connectivity index (χ0n) is 7.04. The summed E-state index contributed by atoms with van der Waals surface area (Å²) < 4.78 is 3.26. The summed E-state index contributed by atoms with van der Waals surface area (Å²) in [6.07, 6.45) is 3.23. The summed E-state index contributed by atoms with van der Waals surface area (Å²) in [5, 5.41) is 5.68. The predicted molar refractivity (Wildman–Crippen MR) is 48.7 cm³/mol.